The first-order valence-electron chi connectivity index (χ1n) is 9.22. The quantitative estimate of drug-likeness (QED) is 0.894. The van der Waals surface area contributed by atoms with Crippen molar-refractivity contribution in [2.24, 2.45) is 0 Å². The number of likely N-dealkylation sites (tertiary alicyclic amines) is 1. The van der Waals surface area contributed by atoms with Crippen molar-refractivity contribution in [3.05, 3.63) is 61.9 Å². The van der Waals surface area contributed by atoms with E-state index in [1.807, 2.05) is 0 Å². The first-order valence-corrected chi connectivity index (χ1v) is 9.22. The molecule has 2 aromatic heterocycles. The second-order valence-corrected chi connectivity index (χ2v) is 7.07. The fourth-order valence-corrected chi connectivity index (χ4v) is 3.95. The molecule has 1 aliphatic carbocycles. The molecule has 0 bridgehead atoms. The molecule has 1 aliphatic heterocycles. The lowest BCUT2D eigenvalue weighted by Crippen LogP contribution is -2.41. The minimum absolute atomic E-state index is 0.0851. The van der Waals surface area contributed by atoms with Gasteiger partial charge in [0.25, 0.3) is 11.5 Å². The summed E-state index contributed by atoms with van der Waals surface area (Å²) in [5.74, 6) is -0.198. The van der Waals surface area contributed by atoms with Gasteiger partial charge in [-0.15, -0.1) is 0 Å². The Morgan fingerprint density at radius 2 is 2.04 bits per heavy atom. The molecule has 1 atom stereocenters. The number of rotatable bonds is 3. The van der Waals surface area contributed by atoms with Crippen LogP contribution in [-0.2, 0) is 19.4 Å². The Labute approximate surface area is 150 Å². The monoisotopic (exact) mass is 354 g/mol. The maximum absolute atomic E-state index is 12.8. The highest BCUT2D eigenvalue weighted by Gasteiger charge is 2.30. The zero-order valence-corrected chi connectivity index (χ0v) is 14.6. The number of aryl methyl sites for hydroxylation is 2. The largest absolute Gasteiger partial charge is 0.333 e. The molecule has 136 valence electrons. The molecular weight excluding hydrogens is 332 g/mol. The molecule has 3 heterocycles. The Balaban J connectivity index is 1.57. The maximum Gasteiger partial charge on any atom is 0.270 e. The topological polar surface area (TPSA) is 88.1 Å². The van der Waals surface area contributed by atoms with Crippen molar-refractivity contribution >= 4 is 5.91 Å². The van der Waals surface area contributed by atoms with Crippen LogP contribution in [0.3, 0.4) is 0 Å². The van der Waals surface area contributed by atoms with Crippen LogP contribution in [0.2, 0.25) is 0 Å². The van der Waals surface area contributed by atoms with Gasteiger partial charge in [0.1, 0.15) is 5.69 Å². The molecule has 1 unspecified atom stereocenters. The van der Waals surface area contributed by atoms with Crippen LogP contribution in [0.25, 0.3) is 0 Å². The molecule has 4 rings (SSSR count). The standard InChI is InChI=1S/C19H22N4O3/c24-17-9-3-8-16(20-17)19(26)22-10-4-6-14(22)12-23-18(25)11-13-5-1-2-7-15(13)21-23/h3,8-9,11,14H,1-2,4-7,10,12H2,(H,20,24). The number of hydrogen-bond acceptors (Lipinski definition) is 4. The highest BCUT2D eigenvalue weighted by atomic mass is 16.2. The first kappa shape index (κ1) is 16.8. The minimum atomic E-state index is -0.292. The van der Waals surface area contributed by atoms with Gasteiger partial charge in [-0.25, -0.2) is 4.68 Å². The number of aromatic nitrogens is 3. The van der Waals surface area contributed by atoms with Gasteiger partial charge in [0.05, 0.1) is 18.3 Å². The zero-order valence-electron chi connectivity index (χ0n) is 14.6. The Bertz CT molecular complexity index is 946. The Kier molecular flexibility index (Phi) is 4.44. The maximum atomic E-state index is 12.8. The molecule has 1 saturated heterocycles. The summed E-state index contributed by atoms with van der Waals surface area (Å²) in [7, 11) is 0. The van der Waals surface area contributed by atoms with Crippen LogP contribution >= 0.6 is 0 Å². The van der Waals surface area contributed by atoms with Crippen molar-refractivity contribution < 1.29 is 4.79 Å². The number of amides is 1. The number of fused-ring (bicyclic) bond motifs is 1. The highest BCUT2D eigenvalue weighted by molar-refractivity contribution is 5.92. The number of carbonyl (C=O) groups excluding carboxylic acids is 1. The number of H-pyrrole nitrogens is 1. The van der Waals surface area contributed by atoms with Gasteiger partial charge in [0.2, 0.25) is 5.56 Å². The molecule has 1 amide bonds. The van der Waals surface area contributed by atoms with Gasteiger partial charge in [0, 0.05) is 18.7 Å². The van der Waals surface area contributed by atoms with E-state index in [9.17, 15) is 14.4 Å². The summed E-state index contributed by atoms with van der Waals surface area (Å²) in [6.45, 7) is 1.02. The van der Waals surface area contributed by atoms with Crippen LogP contribution in [0.15, 0.2) is 33.9 Å². The van der Waals surface area contributed by atoms with Crippen LogP contribution < -0.4 is 11.1 Å². The predicted molar refractivity (Wildman–Crippen MR) is 96.3 cm³/mol. The molecule has 0 aromatic carbocycles. The summed E-state index contributed by atoms with van der Waals surface area (Å²) >= 11 is 0. The third-order valence-corrected chi connectivity index (χ3v) is 5.29. The third kappa shape index (κ3) is 3.21. The second kappa shape index (κ2) is 6.90. The van der Waals surface area contributed by atoms with Gasteiger partial charge in [-0.3, -0.25) is 14.4 Å². The summed E-state index contributed by atoms with van der Waals surface area (Å²) < 4.78 is 1.51. The Morgan fingerprint density at radius 1 is 1.19 bits per heavy atom. The van der Waals surface area contributed by atoms with E-state index in [-0.39, 0.29) is 28.8 Å². The minimum Gasteiger partial charge on any atom is -0.333 e. The number of carbonyl (C=O) groups is 1. The number of hydrogen-bond donors (Lipinski definition) is 1. The van der Waals surface area contributed by atoms with Gasteiger partial charge in [-0.2, -0.15) is 5.10 Å². The SMILES string of the molecule is O=C(c1cccc(=O)[nH]1)N1CCCC1Cn1nc2c(cc1=O)CCCC2. The fraction of sp³-hybridized carbons (Fsp3) is 0.474. The molecule has 7 heteroatoms. The lowest BCUT2D eigenvalue weighted by Gasteiger charge is -2.25. The van der Waals surface area contributed by atoms with E-state index >= 15 is 0 Å². The molecule has 1 fully saturated rings. The van der Waals surface area contributed by atoms with Crippen LogP contribution in [0.5, 0.6) is 0 Å². The third-order valence-electron chi connectivity index (χ3n) is 5.29. The van der Waals surface area contributed by atoms with Crippen molar-refractivity contribution in [2.75, 3.05) is 6.54 Å². The first-order chi connectivity index (χ1) is 12.6. The molecule has 0 saturated carbocycles. The van der Waals surface area contributed by atoms with E-state index < -0.39 is 0 Å². The average Bonchev–Trinajstić information content (AvgIpc) is 3.10. The molecule has 7 nitrogen and oxygen atoms in total. The summed E-state index contributed by atoms with van der Waals surface area (Å²) in [4.78, 5) is 41.0. The summed E-state index contributed by atoms with van der Waals surface area (Å²) in [5.41, 5.74) is 1.98. The smallest absolute Gasteiger partial charge is 0.270 e. The molecule has 2 aromatic rings. The van der Waals surface area contributed by atoms with E-state index in [1.165, 1.54) is 10.7 Å². The Hall–Kier alpha value is -2.70. The number of pyridine rings is 1. The highest BCUT2D eigenvalue weighted by Crippen LogP contribution is 2.21. The van der Waals surface area contributed by atoms with E-state index in [0.29, 0.717) is 13.1 Å². The van der Waals surface area contributed by atoms with E-state index in [4.69, 9.17) is 0 Å². The molecule has 0 radical (unpaired) electrons. The van der Waals surface area contributed by atoms with E-state index in [2.05, 4.69) is 10.1 Å². The Morgan fingerprint density at radius 3 is 2.88 bits per heavy atom. The van der Waals surface area contributed by atoms with Crippen LogP contribution in [0.1, 0.15) is 47.4 Å². The van der Waals surface area contributed by atoms with Crippen LogP contribution in [0, 0.1) is 0 Å². The van der Waals surface area contributed by atoms with Gasteiger partial charge >= 0.3 is 0 Å². The van der Waals surface area contributed by atoms with Gasteiger partial charge in [-0.05, 0) is 50.2 Å². The van der Waals surface area contributed by atoms with E-state index in [1.54, 1.807) is 23.1 Å². The second-order valence-electron chi connectivity index (χ2n) is 7.07. The molecule has 1 N–H and O–H groups in total. The van der Waals surface area contributed by atoms with Crippen molar-refractivity contribution in [2.45, 2.75) is 51.1 Å². The van der Waals surface area contributed by atoms with E-state index in [0.717, 1.165) is 49.8 Å². The van der Waals surface area contributed by atoms with Gasteiger partial charge in [0.15, 0.2) is 0 Å². The number of nitrogens with one attached hydrogen (secondary N) is 1. The summed E-state index contributed by atoms with van der Waals surface area (Å²) in [5, 5.41) is 4.57. The number of aromatic amines is 1. The lowest BCUT2D eigenvalue weighted by atomic mass is 9.97. The fourth-order valence-electron chi connectivity index (χ4n) is 3.95. The predicted octanol–water partition coefficient (Wildman–Crippen LogP) is 1.12. The zero-order chi connectivity index (χ0) is 18.1. The van der Waals surface area contributed by atoms with Crippen LogP contribution in [0.4, 0.5) is 0 Å². The number of nitrogens with zero attached hydrogens (tertiary/aromatic N) is 3. The normalized spacial score (nSPS) is 19.4. The molecule has 26 heavy (non-hydrogen) atoms. The van der Waals surface area contributed by atoms with Crippen molar-refractivity contribution in [3.8, 4) is 0 Å². The summed E-state index contributed by atoms with van der Waals surface area (Å²) in [6, 6.07) is 6.19. The summed E-state index contributed by atoms with van der Waals surface area (Å²) in [6.07, 6.45) is 5.76. The van der Waals surface area contributed by atoms with Gasteiger partial charge in [-0.1, -0.05) is 6.07 Å². The van der Waals surface area contributed by atoms with Crippen molar-refractivity contribution in [1.29, 1.82) is 0 Å². The molecule has 0 spiro atoms. The molecular formula is C19H22N4O3. The lowest BCUT2D eigenvalue weighted by molar-refractivity contribution is 0.0714. The average molecular weight is 354 g/mol. The molecule has 2 aliphatic rings. The van der Waals surface area contributed by atoms with Crippen molar-refractivity contribution in [1.82, 2.24) is 19.7 Å². The van der Waals surface area contributed by atoms with Crippen molar-refractivity contribution in [3.63, 3.8) is 0 Å². The van der Waals surface area contributed by atoms with Crippen LogP contribution in [-0.4, -0.2) is 38.2 Å². The van der Waals surface area contributed by atoms with Gasteiger partial charge < -0.3 is 9.88 Å².